The van der Waals surface area contributed by atoms with Gasteiger partial charge < -0.3 is 15.8 Å². The van der Waals surface area contributed by atoms with E-state index in [9.17, 15) is 0 Å². The summed E-state index contributed by atoms with van der Waals surface area (Å²) in [6.07, 6.45) is 0.987. The van der Waals surface area contributed by atoms with Gasteiger partial charge in [-0.2, -0.15) is 0 Å². The highest BCUT2D eigenvalue weighted by Gasteiger charge is 2.11. The first-order valence-electron chi connectivity index (χ1n) is 6.50. The number of rotatable bonds is 5. The van der Waals surface area contributed by atoms with Crippen LogP contribution in [0.1, 0.15) is 24.9 Å². The fourth-order valence-corrected chi connectivity index (χ4v) is 2.14. The maximum Gasteiger partial charge on any atom is 0.143 e. The predicted octanol–water partition coefficient (Wildman–Crippen LogP) is 3.84. The van der Waals surface area contributed by atoms with Crippen LogP contribution in [0.4, 0.5) is 11.4 Å². The monoisotopic (exact) mass is 256 g/mol. The molecule has 3 heteroatoms. The van der Waals surface area contributed by atoms with Gasteiger partial charge in [0.25, 0.3) is 0 Å². The Morgan fingerprint density at radius 1 is 1.11 bits per heavy atom. The van der Waals surface area contributed by atoms with E-state index in [0.717, 1.165) is 12.1 Å². The maximum absolute atomic E-state index is 6.09. The van der Waals surface area contributed by atoms with E-state index in [1.807, 2.05) is 24.3 Å². The minimum Gasteiger partial charge on any atom is -0.495 e. The van der Waals surface area contributed by atoms with Gasteiger partial charge in [-0.15, -0.1) is 0 Å². The summed E-state index contributed by atoms with van der Waals surface area (Å²) in [6.45, 7) is 2.15. The Balaban J connectivity index is 2.24. The van der Waals surface area contributed by atoms with Crippen molar-refractivity contribution in [3.05, 3.63) is 54.1 Å². The molecule has 0 fully saturated rings. The Morgan fingerprint density at radius 2 is 1.84 bits per heavy atom. The molecule has 1 unspecified atom stereocenters. The number of nitrogens with two attached hydrogens (primary N) is 1. The molecule has 0 spiro atoms. The molecule has 0 saturated heterocycles. The first-order chi connectivity index (χ1) is 9.26. The summed E-state index contributed by atoms with van der Waals surface area (Å²) < 4.78 is 5.24. The van der Waals surface area contributed by atoms with Crippen LogP contribution in [-0.4, -0.2) is 7.11 Å². The van der Waals surface area contributed by atoms with Crippen LogP contribution >= 0.6 is 0 Å². The lowest BCUT2D eigenvalue weighted by Gasteiger charge is -2.20. The number of ether oxygens (including phenoxy) is 1. The molecule has 0 bridgehead atoms. The van der Waals surface area contributed by atoms with E-state index < -0.39 is 0 Å². The van der Waals surface area contributed by atoms with Crippen LogP contribution in [0.2, 0.25) is 0 Å². The Hall–Kier alpha value is -2.16. The highest BCUT2D eigenvalue weighted by molar-refractivity contribution is 5.73. The summed E-state index contributed by atoms with van der Waals surface area (Å²) in [5.41, 5.74) is 8.91. The van der Waals surface area contributed by atoms with E-state index in [0.29, 0.717) is 11.4 Å². The summed E-state index contributed by atoms with van der Waals surface area (Å²) in [4.78, 5) is 0. The lowest BCUT2D eigenvalue weighted by Crippen LogP contribution is -2.11. The van der Waals surface area contributed by atoms with Gasteiger partial charge in [0.2, 0.25) is 0 Å². The van der Waals surface area contributed by atoms with Gasteiger partial charge in [-0.3, -0.25) is 0 Å². The van der Waals surface area contributed by atoms with Gasteiger partial charge >= 0.3 is 0 Å². The zero-order valence-electron chi connectivity index (χ0n) is 11.4. The number of anilines is 2. The molecule has 0 saturated carbocycles. The molecule has 2 aromatic rings. The SMILES string of the molecule is CCC(Nc1cccc(OC)c1N)c1ccccc1. The van der Waals surface area contributed by atoms with Gasteiger partial charge in [-0.1, -0.05) is 43.3 Å². The fourth-order valence-electron chi connectivity index (χ4n) is 2.14. The molecule has 0 amide bonds. The molecule has 100 valence electrons. The minimum absolute atomic E-state index is 0.246. The van der Waals surface area contributed by atoms with E-state index in [1.54, 1.807) is 7.11 Å². The second-order valence-electron chi connectivity index (χ2n) is 4.44. The number of benzene rings is 2. The third-order valence-electron chi connectivity index (χ3n) is 3.23. The number of methoxy groups -OCH3 is 1. The maximum atomic E-state index is 6.09. The van der Waals surface area contributed by atoms with Crippen LogP contribution in [-0.2, 0) is 0 Å². The van der Waals surface area contributed by atoms with Crippen LogP contribution in [0.15, 0.2) is 48.5 Å². The summed E-state index contributed by atoms with van der Waals surface area (Å²) in [5, 5.41) is 3.48. The first-order valence-corrected chi connectivity index (χ1v) is 6.50. The Morgan fingerprint density at radius 3 is 2.47 bits per heavy atom. The van der Waals surface area contributed by atoms with Crippen molar-refractivity contribution < 1.29 is 4.74 Å². The molecule has 0 aliphatic rings. The highest BCUT2D eigenvalue weighted by Crippen LogP contribution is 2.32. The van der Waals surface area contributed by atoms with Crippen LogP contribution in [0.3, 0.4) is 0 Å². The van der Waals surface area contributed by atoms with E-state index in [4.69, 9.17) is 10.5 Å². The molecule has 3 nitrogen and oxygen atoms in total. The molecular weight excluding hydrogens is 236 g/mol. The molecule has 2 aromatic carbocycles. The normalized spacial score (nSPS) is 11.9. The van der Waals surface area contributed by atoms with Crippen molar-refractivity contribution in [3.63, 3.8) is 0 Å². The second-order valence-corrected chi connectivity index (χ2v) is 4.44. The number of nitrogen functional groups attached to an aromatic ring is 1. The van der Waals surface area contributed by atoms with Crippen molar-refractivity contribution in [3.8, 4) is 5.75 Å². The number of nitrogens with one attached hydrogen (secondary N) is 1. The van der Waals surface area contributed by atoms with Gasteiger partial charge in [0, 0.05) is 0 Å². The average Bonchev–Trinajstić information content (AvgIpc) is 2.47. The average molecular weight is 256 g/mol. The zero-order chi connectivity index (χ0) is 13.7. The van der Waals surface area contributed by atoms with Crippen molar-refractivity contribution in [2.45, 2.75) is 19.4 Å². The second kappa shape index (κ2) is 6.14. The smallest absolute Gasteiger partial charge is 0.143 e. The van der Waals surface area contributed by atoms with Crippen LogP contribution in [0.5, 0.6) is 5.75 Å². The molecule has 0 aliphatic heterocycles. The summed E-state index contributed by atoms with van der Waals surface area (Å²) in [5.74, 6) is 0.702. The molecule has 2 rings (SSSR count). The van der Waals surface area contributed by atoms with Crippen LogP contribution in [0, 0.1) is 0 Å². The minimum atomic E-state index is 0.246. The third kappa shape index (κ3) is 2.99. The van der Waals surface area contributed by atoms with E-state index >= 15 is 0 Å². The quantitative estimate of drug-likeness (QED) is 0.799. The molecule has 1 atom stereocenters. The Kier molecular flexibility index (Phi) is 4.29. The lowest BCUT2D eigenvalue weighted by atomic mass is 10.0. The standard InChI is InChI=1S/C16H20N2O/c1-3-13(12-8-5-4-6-9-12)18-14-10-7-11-15(19-2)16(14)17/h4-11,13,18H,3,17H2,1-2H3. The third-order valence-corrected chi connectivity index (χ3v) is 3.23. The molecule has 0 aromatic heterocycles. The number of para-hydroxylation sites is 1. The summed E-state index contributed by atoms with van der Waals surface area (Å²) in [7, 11) is 1.63. The Bertz CT molecular complexity index is 526. The Labute approximate surface area is 114 Å². The van der Waals surface area contributed by atoms with Gasteiger partial charge in [-0.25, -0.2) is 0 Å². The topological polar surface area (TPSA) is 47.3 Å². The van der Waals surface area contributed by atoms with Crippen molar-refractivity contribution in [2.75, 3.05) is 18.2 Å². The predicted molar refractivity (Wildman–Crippen MR) is 80.5 cm³/mol. The largest absolute Gasteiger partial charge is 0.495 e. The van der Waals surface area contributed by atoms with Gasteiger partial charge in [0.05, 0.1) is 24.5 Å². The molecule has 0 aliphatic carbocycles. The van der Waals surface area contributed by atoms with Crippen molar-refractivity contribution in [1.29, 1.82) is 0 Å². The van der Waals surface area contributed by atoms with Crippen LogP contribution < -0.4 is 15.8 Å². The van der Waals surface area contributed by atoms with E-state index in [-0.39, 0.29) is 6.04 Å². The number of hydrogen-bond acceptors (Lipinski definition) is 3. The molecule has 0 heterocycles. The van der Waals surface area contributed by atoms with Crippen molar-refractivity contribution in [1.82, 2.24) is 0 Å². The van der Waals surface area contributed by atoms with E-state index in [1.165, 1.54) is 5.56 Å². The highest BCUT2D eigenvalue weighted by atomic mass is 16.5. The zero-order valence-corrected chi connectivity index (χ0v) is 11.4. The van der Waals surface area contributed by atoms with Gasteiger partial charge in [-0.05, 0) is 24.1 Å². The first kappa shape index (κ1) is 13.3. The van der Waals surface area contributed by atoms with Gasteiger partial charge in [0.1, 0.15) is 5.75 Å². The van der Waals surface area contributed by atoms with Gasteiger partial charge in [0.15, 0.2) is 0 Å². The fraction of sp³-hybridized carbons (Fsp3) is 0.250. The molecule has 0 radical (unpaired) electrons. The van der Waals surface area contributed by atoms with Crippen LogP contribution in [0.25, 0.3) is 0 Å². The molecule has 3 N–H and O–H groups in total. The van der Waals surface area contributed by atoms with Crippen molar-refractivity contribution in [2.24, 2.45) is 0 Å². The molecular formula is C16H20N2O. The lowest BCUT2D eigenvalue weighted by molar-refractivity contribution is 0.417. The summed E-state index contributed by atoms with van der Waals surface area (Å²) >= 11 is 0. The van der Waals surface area contributed by atoms with E-state index in [2.05, 4.69) is 36.5 Å². The molecule has 19 heavy (non-hydrogen) atoms. The summed E-state index contributed by atoms with van der Waals surface area (Å²) in [6, 6.07) is 16.4. The number of hydrogen-bond donors (Lipinski definition) is 2. The van der Waals surface area contributed by atoms with Crippen molar-refractivity contribution >= 4 is 11.4 Å².